The molecule has 9 atom stereocenters. The first-order valence-corrected chi connectivity index (χ1v) is 16.1. The molecule has 3 nitrogen and oxygen atoms in total. The lowest BCUT2D eigenvalue weighted by atomic mass is 9.54. The zero-order chi connectivity index (χ0) is 30.1. The van der Waals surface area contributed by atoms with Gasteiger partial charge in [-0.25, -0.2) is 8.42 Å². The lowest BCUT2D eigenvalue weighted by Gasteiger charge is -2.52. The van der Waals surface area contributed by atoms with E-state index < -0.39 is 52.3 Å². The summed E-state index contributed by atoms with van der Waals surface area (Å²) in [5, 5.41) is 8.58. The van der Waals surface area contributed by atoms with Crippen LogP contribution >= 0.6 is 0 Å². The van der Waals surface area contributed by atoms with Crippen LogP contribution in [0.2, 0.25) is 0 Å². The molecule has 10 heteroatoms. The fourth-order valence-electron chi connectivity index (χ4n) is 8.38. The van der Waals surface area contributed by atoms with Gasteiger partial charge in [-0.15, -0.1) is 0 Å². The molecule has 2 aliphatic rings. The molecule has 40 heavy (non-hydrogen) atoms. The van der Waals surface area contributed by atoms with E-state index in [1.54, 1.807) is 13.0 Å². The molecular formula is C30H44F6O3S. The number of fused-ring (bicyclic) bond motifs is 1. The summed E-state index contributed by atoms with van der Waals surface area (Å²) < 4.78 is 106. The van der Waals surface area contributed by atoms with E-state index in [1.165, 1.54) is 24.3 Å². The highest BCUT2D eigenvalue weighted by Gasteiger charge is 2.57. The van der Waals surface area contributed by atoms with Gasteiger partial charge in [0.15, 0.2) is 15.9 Å². The second-order valence-electron chi connectivity index (χ2n) is 12.6. The molecule has 2 saturated carbocycles. The number of halogens is 6. The number of hydrogen-bond donors (Lipinski definition) is 1. The Morgan fingerprint density at radius 3 is 2.20 bits per heavy atom. The molecule has 2 fully saturated rings. The first kappa shape index (κ1) is 33.2. The fourth-order valence-corrected chi connectivity index (χ4v) is 10.5. The number of sulfone groups is 1. The molecule has 1 aromatic rings. The Morgan fingerprint density at radius 1 is 1.02 bits per heavy atom. The van der Waals surface area contributed by atoms with Crippen LogP contribution < -0.4 is 0 Å². The Labute approximate surface area is 235 Å². The molecule has 0 saturated heterocycles. The minimum atomic E-state index is -4.93. The van der Waals surface area contributed by atoms with Crippen molar-refractivity contribution in [2.45, 2.75) is 114 Å². The smallest absolute Gasteiger partial charge is 0.384 e. The average Bonchev–Trinajstić information content (AvgIpc) is 3.22. The van der Waals surface area contributed by atoms with Gasteiger partial charge >= 0.3 is 12.4 Å². The van der Waals surface area contributed by atoms with Crippen molar-refractivity contribution >= 4 is 9.84 Å². The Kier molecular flexibility index (Phi) is 10.4. The highest BCUT2D eigenvalue weighted by molar-refractivity contribution is 7.92. The van der Waals surface area contributed by atoms with Crippen molar-refractivity contribution in [3.05, 3.63) is 30.3 Å². The lowest BCUT2D eigenvalue weighted by Crippen LogP contribution is -2.47. The second kappa shape index (κ2) is 12.5. The molecule has 0 amide bonds. The van der Waals surface area contributed by atoms with Gasteiger partial charge in [0.1, 0.15) is 0 Å². The number of aliphatic hydroxyl groups excluding tert-OH is 1. The maximum Gasteiger partial charge on any atom is 0.414 e. The van der Waals surface area contributed by atoms with Crippen molar-refractivity contribution < 1.29 is 39.9 Å². The van der Waals surface area contributed by atoms with Crippen molar-refractivity contribution in [3.63, 3.8) is 0 Å². The van der Waals surface area contributed by atoms with Gasteiger partial charge in [0.05, 0.1) is 10.1 Å². The summed E-state index contributed by atoms with van der Waals surface area (Å²) in [6.07, 6.45) is -9.05. The van der Waals surface area contributed by atoms with Gasteiger partial charge in [0.2, 0.25) is 0 Å². The third-order valence-corrected chi connectivity index (χ3v) is 12.8. The molecule has 2 aliphatic carbocycles. The number of alkyl halides is 6. The summed E-state index contributed by atoms with van der Waals surface area (Å²) in [4.78, 5) is -0.0521. The SMILES string of the molecule is CC[C@@H]1[C@@H]([C@@H](C)CCCC(F)(F)F)CC[C@]2(C)[C@@H]([C@H](C)C(CC(O)C(F)(F)F)S(=O)(=O)c3ccccc3)CC[C@@H]12. The largest absolute Gasteiger partial charge is 0.414 e. The Morgan fingerprint density at radius 2 is 1.65 bits per heavy atom. The minimum absolute atomic E-state index is 0.0521. The molecule has 0 aliphatic heterocycles. The number of rotatable bonds is 11. The first-order chi connectivity index (χ1) is 18.4. The fraction of sp³-hybridized carbons (Fsp3) is 0.800. The summed E-state index contributed by atoms with van der Waals surface area (Å²) in [5.41, 5.74) is -0.296. The van der Waals surface area contributed by atoms with Crippen molar-refractivity contribution in [2.24, 2.45) is 40.9 Å². The highest BCUT2D eigenvalue weighted by Crippen LogP contribution is 2.63. The maximum absolute atomic E-state index is 13.7. The van der Waals surface area contributed by atoms with Crippen molar-refractivity contribution in [1.29, 1.82) is 0 Å². The third-order valence-electron chi connectivity index (χ3n) is 10.4. The zero-order valence-corrected chi connectivity index (χ0v) is 24.6. The molecule has 0 aromatic heterocycles. The minimum Gasteiger partial charge on any atom is -0.384 e. The third kappa shape index (κ3) is 7.19. The second-order valence-corrected chi connectivity index (χ2v) is 14.8. The van der Waals surface area contributed by atoms with Crippen molar-refractivity contribution in [3.8, 4) is 0 Å². The van der Waals surface area contributed by atoms with E-state index in [4.69, 9.17) is 0 Å². The van der Waals surface area contributed by atoms with Crippen LogP contribution in [0.25, 0.3) is 0 Å². The average molecular weight is 599 g/mol. The van der Waals surface area contributed by atoms with Crippen LogP contribution in [0, 0.1) is 40.9 Å². The van der Waals surface area contributed by atoms with E-state index in [0.717, 1.165) is 25.7 Å². The normalized spacial score (nSPS) is 30.9. The number of hydrogen-bond acceptors (Lipinski definition) is 3. The van der Waals surface area contributed by atoms with Gasteiger partial charge in [-0.2, -0.15) is 26.3 Å². The molecule has 0 radical (unpaired) electrons. The van der Waals surface area contributed by atoms with E-state index in [9.17, 15) is 39.9 Å². The van der Waals surface area contributed by atoms with Crippen LogP contribution in [0.3, 0.4) is 0 Å². The molecular weight excluding hydrogens is 554 g/mol. The molecule has 230 valence electrons. The van der Waals surface area contributed by atoms with Crippen LogP contribution in [-0.4, -0.2) is 37.2 Å². The molecule has 1 aromatic carbocycles. The highest BCUT2D eigenvalue weighted by atomic mass is 32.2. The summed E-state index contributed by atoms with van der Waals surface area (Å²) in [5.74, 6) is 0.0957. The van der Waals surface area contributed by atoms with Gasteiger partial charge in [-0.1, -0.05) is 58.7 Å². The predicted molar refractivity (Wildman–Crippen MR) is 143 cm³/mol. The number of aliphatic hydroxyl groups is 1. The monoisotopic (exact) mass is 598 g/mol. The molecule has 1 N–H and O–H groups in total. The molecule has 0 spiro atoms. The van der Waals surface area contributed by atoms with Crippen LogP contribution in [0.15, 0.2) is 35.2 Å². The summed E-state index contributed by atoms with van der Waals surface area (Å²) in [6.45, 7) is 7.97. The summed E-state index contributed by atoms with van der Waals surface area (Å²) in [6, 6.07) is 7.47. The molecule has 0 heterocycles. The van der Waals surface area contributed by atoms with Gasteiger partial charge < -0.3 is 5.11 Å². The Bertz CT molecular complexity index is 1060. The van der Waals surface area contributed by atoms with Gasteiger partial charge in [-0.3, -0.25) is 0 Å². The Hall–Kier alpha value is -1.29. The van der Waals surface area contributed by atoms with E-state index in [2.05, 4.69) is 13.8 Å². The standard InChI is InChI=1S/C30H44F6O3S/c1-5-22-23(19(2)10-9-16-29(31,32)33)15-17-28(4)24(13-14-25(22)28)20(3)26(18-27(37)30(34,35)36)40(38,39)21-11-7-6-8-12-21/h6-8,11-12,19-20,22-27,37H,5,9-10,13-18H2,1-4H3/t19-,20-,22+,23+,24+,25-,26?,27?,28+/m0/s1. The molecule has 2 unspecified atom stereocenters. The number of benzene rings is 1. The van der Waals surface area contributed by atoms with Crippen molar-refractivity contribution in [1.82, 2.24) is 0 Å². The maximum atomic E-state index is 13.7. The molecule has 0 bridgehead atoms. The quantitative estimate of drug-likeness (QED) is 0.260. The predicted octanol–water partition coefficient (Wildman–Crippen LogP) is 8.62. The van der Waals surface area contributed by atoms with E-state index in [0.29, 0.717) is 12.8 Å². The zero-order valence-electron chi connectivity index (χ0n) is 23.8. The summed E-state index contributed by atoms with van der Waals surface area (Å²) >= 11 is 0. The van der Waals surface area contributed by atoms with E-state index in [-0.39, 0.29) is 46.3 Å². The lowest BCUT2D eigenvalue weighted by molar-refractivity contribution is -0.206. The van der Waals surface area contributed by atoms with Crippen LogP contribution in [-0.2, 0) is 9.84 Å². The summed E-state index contributed by atoms with van der Waals surface area (Å²) in [7, 11) is -4.18. The van der Waals surface area contributed by atoms with E-state index >= 15 is 0 Å². The topological polar surface area (TPSA) is 54.4 Å². The molecule has 3 rings (SSSR count). The van der Waals surface area contributed by atoms with Crippen LogP contribution in [0.1, 0.15) is 85.5 Å². The van der Waals surface area contributed by atoms with E-state index in [1.807, 2.05) is 6.92 Å². The Balaban J connectivity index is 1.87. The van der Waals surface area contributed by atoms with Gasteiger partial charge in [0, 0.05) is 6.42 Å². The van der Waals surface area contributed by atoms with Crippen LogP contribution in [0.5, 0.6) is 0 Å². The van der Waals surface area contributed by atoms with Crippen molar-refractivity contribution in [2.75, 3.05) is 0 Å². The van der Waals surface area contributed by atoms with Crippen LogP contribution in [0.4, 0.5) is 26.3 Å². The van der Waals surface area contributed by atoms with Gasteiger partial charge in [0.25, 0.3) is 0 Å². The van der Waals surface area contributed by atoms with Gasteiger partial charge in [-0.05, 0) is 91.6 Å². The first-order valence-electron chi connectivity index (χ1n) is 14.5.